The minimum Gasteiger partial charge on any atom is -0.496 e. The molecule has 2 N–H and O–H groups in total. The van der Waals surface area contributed by atoms with Crippen LogP contribution in [0.4, 0.5) is 0 Å². The van der Waals surface area contributed by atoms with Gasteiger partial charge in [0.25, 0.3) is 0 Å². The van der Waals surface area contributed by atoms with E-state index >= 15 is 0 Å². The molecule has 0 spiro atoms. The van der Waals surface area contributed by atoms with Gasteiger partial charge in [0.15, 0.2) is 5.96 Å². The van der Waals surface area contributed by atoms with Gasteiger partial charge in [-0.25, -0.2) is 0 Å². The van der Waals surface area contributed by atoms with E-state index in [0.717, 1.165) is 35.8 Å². The molecule has 7 heteroatoms. The summed E-state index contributed by atoms with van der Waals surface area (Å²) in [6.07, 6.45) is 0.838. The van der Waals surface area contributed by atoms with Crippen molar-refractivity contribution in [2.45, 2.75) is 12.2 Å². The second-order valence-corrected chi connectivity index (χ2v) is 7.34. The van der Waals surface area contributed by atoms with Crippen molar-refractivity contribution in [2.75, 3.05) is 33.0 Å². The minimum atomic E-state index is -0.891. The first kappa shape index (κ1) is 23.4. The summed E-state index contributed by atoms with van der Waals surface area (Å²) in [6, 6.07) is 17.9. The zero-order valence-electron chi connectivity index (χ0n) is 15.8. The summed E-state index contributed by atoms with van der Waals surface area (Å²) in [7, 11) is 2.53. The van der Waals surface area contributed by atoms with E-state index in [9.17, 15) is 4.21 Å². The maximum atomic E-state index is 12.1. The SMILES string of the molecule is CN=C(NCCc1ccccc1OC)NCCS(=O)Cc1ccccc1.I. The van der Waals surface area contributed by atoms with Gasteiger partial charge in [0.05, 0.1) is 7.11 Å². The zero-order valence-corrected chi connectivity index (χ0v) is 19.0. The first-order valence-electron chi connectivity index (χ1n) is 8.68. The molecule has 27 heavy (non-hydrogen) atoms. The fourth-order valence-electron chi connectivity index (χ4n) is 2.56. The average molecular weight is 501 g/mol. The Morgan fingerprint density at radius 1 is 1.04 bits per heavy atom. The lowest BCUT2D eigenvalue weighted by Gasteiger charge is -2.13. The van der Waals surface area contributed by atoms with E-state index in [0.29, 0.717) is 18.1 Å². The number of rotatable bonds is 9. The van der Waals surface area contributed by atoms with E-state index in [-0.39, 0.29) is 24.0 Å². The summed E-state index contributed by atoms with van der Waals surface area (Å²) in [6.45, 7) is 1.36. The van der Waals surface area contributed by atoms with Crippen LogP contribution in [0.15, 0.2) is 59.6 Å². The molecule has 0 saturated heterocycles. The molecule has 1 atom stereocenters. The van der Waals surface area contributed by atoms with Gasteiger partial charge in [-0.15, -0.1) is 24.0 Å². The Labute approximate surface area is 181 Å². The van der Waals surface area contributed by atoms with Crippen LogP contribution in [0, 0.1) is 0 Å². The summed E-state index contributed by atoms with van der Waals surface area (Å²) < 4.78 is 17.5. The van der Waals surface area contributed by atoms with Gasteiger partial charge in [0.1, 0.15) is 5.75 Å². The van der Waals surface area contributed by atoms with Gasteiger partial charge in [0, 0.05) is 42.4 Å². The highest BCUT2D eigenvalue weighted by Gasteiger charge is 2.04. The molecule has 2 aromatic carbocycles. The van der Waals surface area contributed by atoms with E-state index in [2.05, 4.69) is 21.7 Å². The second kappa shape index (κ2) is 13.5. The normalized spacial score (nSPS) is 12.0. The molecule has 0 aromatic heterocycles. The topological polar surface area (TPSA) is 62.7 Å². The lowest BCUT2D eigenvalue weighted by molar-refractivity contribution is 0.409. The Kier molecular flexibility index (Phi) is 11.8. The quantitative estimate of drug-likeness (QED) is 0.315. The van der Waals surface area contributed by atoms with Gasteiger partial charge in [-0.2, -0.15) is 0 Å². The molecule has 1 unspecified atom stereocenters. The molecular formula is C20H28IN3O2S. The fourth-order valence-corrected chi connectivity index (χ4v) is 3.60. The van der Waals surface area contributed by atoms with E-state index in [4.69, 9.17) is 4.74 Å². The van der Waals surface area contributed by atoms with Crippen molar-refractivity contribution < 1.29 is 8.95 Å². The Morgan fingerprint density at radius 3 is 2.41 bits per heavy atom. The number of methoxy groups -OCH3 is 1. The van der Waals surface area contributed by atoms with Crippen molar-refractivity contribution in [3.8, 4) is 5.75 Å². The number of hydrogen-bond donors (Lipinski definition) is 2. The number of benzene rings is 2. The number of para-hydroxylation sites is 1. The molecule has 0 aliphatic rings. The van der Waals surface area contributed by atoms with Crippen LogP contribution in [0.25, 0.3) is 0 Å². The smallest absolute Gasteiger partial charge is 0.191 e. The predicted molar refractivity (Wildman–Crippen MR) is 125 cm³/mol. The Hall–Kier alpha value is -1.61. The summed E-state index contributed by atoms with van der Waals surface area (Å²) in [5.41, 5.74) is 2.26. The van der Waals surface area contributed by atoms with Gasteiger partial charge >= 0.3 is 0 Å². The third-order valence-electron chi connectivity index (χ3n) is 3.90. The largest absolute Gasteiger partial charge is 0.496 e. The van der Waals surface area contributed by atoms with Gasteiger partial charge in [-0.1, -0.05) is 48.5 Å². The Morgan fingerprint density at radius 2 is 1.70 bits per heavy atom. The van der Waals surface area contributed by atoms with E-state index in [1.807, 2.05) is 48.5 Å². The average Bonchev–Trinajstić information content (AvgIpc) is 2.68. The van der Waals surface area contributed by atoms with Crippen LogP contribution in [-0.2, 0) is 23.0 Å². The number of ether oxygens (including phenoxy) is 1. The number of aliphatic imine (C=N–C) groups is 1. The highest BCUT2D eigenvalue weighted by molar-refractivity contribution is 14.0. The molecule has 5 nitrogen and oxygen atoms in total. The number of halogens is 1. The summed E-state index contributed by atoms with van der Waals surface area (Å²) >= 11 is 0. The van der Waals surface area contributed by atoms with E-state index < -0.39 is 10.8 Å². The highest BCUT2D eigenvalue weighted by atomic mass is 127. The fraction of sp³-hybridized carbons (Fsp3) is 0.350. The molecule has 0 amide bonds. The molecule has 0 radical (unpaired) electrons. The van der Waals surface area contributed by atoms with Crippen LogP contribution in [0.1, 0.15) is 11.1 Å². The maximum Gasteiger partial charge on any atom is 0.191 e. The minimum absolute atomic E-state index is 0. The van der Waals surface area contributed by atoms with Crippen LogP contribution in [-0.4, -0.2) is 43.2 Å². The summed E-state index contributed by atoms with van der Waals surface area (Å²) in [4.78, 5) is 4.21. The van der Waals surface area contributed by atoms with Gasteiger partial charge in [-0.3, -0.25) is 9.20 Å². The molecular weight excluding hydrogens is 473 g/mol. The molecule has 0 saturated carbocycles. The number of guanidine groups is 1. The molecule has 2 aromatic rings. The van der Waals surface area contributed by atoms with Crippen LogP contribution in [0.5, 0.6) is 5.75 Å². The lowest BCUT2D eigenvalue weighted by atomic mass is 10.1. The first-order valence-corrected chi connectivity index (χ1v) is 10.2. The number of nitrogens with zero attached hydrogens (tertiary/aromatic N) is 1. The van der Waals surface area contributed by atoms with Crippen LogP contribution >= 0.6 is 24.0 Å². The Balaban J connectivity index is 0.00000364. The molecule has 0 bridgehead atoms. The van der Waals surface area contributed by atoms with Crippen LogP contribution in [0.2, 0.25) is 0 Å². The molecule has 0 fully saturated rings. The third kappa shape index (κ3) is 8.75. The van der Waals surface area contributed by atoms with E-state index in [1.54, 1.807) is 14.2 Å². The molecule has 0 aliphatic carbocycles. The monoisotopic (exact) mass is 501 g/mol. The van der Waals surface area contributed by atoms with Gasteiger partial charge in [-0.05, 0) is 23.6 Å². The first-order chi connectivity index (χ1) is 12.7. The number of nitrogens with one attached hydrogen (secondary N) is 2. The molecule has 148 valence electrons. The van der Waals surface area contributed by atoms with Crippen molar-refractivity contribution in [1.29, 1.82) is 0 Å². The zero-order chi connectivity index (χ0) is 18.6. The van der Waals surface area contributed by atoms with Crippen molar-refractivity contribution in [2.24, 2.45) is 4.99 Å². The highest BCUT2D eigenvalue weighted by Crippen LogP contribution is 2.17. The van der Waals surface area contributed by atoms with Crippen molar-refractivity contribution in [1.82, 2.24) is 10.6 Å². The van der Waals surface area contributed by atoms with Gasteiger partial charge in [0.2, 0.25) is 0 Å². The molecule has 2 rings (SSSR count). The molecule has 0 heterocycles. The van der Waals surface area contributed by atoms with Crippen molar-refractivity contribution in [3.05, 3.63) is 65.7 Å². The van der Waals surface area contributed by atoms with E-state index in [1.165, 1.54) is 0 Å². The molecule has 0 aliphatic heterocycles. The number of hydrogen-bond acceptors (Lipinski definition) is 3. The maximum absolute atomic E-state index is 12.1. The summed E-state index contributed by atoms with van der Waals surface area (Å²) in [5, 5.41) is 6.49. The standard InChI is InChI=1S/C20H27N3O2S.HI/c1-21-20(22-13-12-18-10-6-7-11-19(18)25-2)23-14-15-26(24)16-17-8-4-3-5-9-17;/h3-11H,12-16H2,1-2H3,(H2,21,22,23);1H. The van der Waals surface area contributed by atoms with Crippen LogP contribution < -0.4 is 15.4 Å². The van der Waals surface area contributed by atoms with Crippen molar-refractivity contribution in [3.63, 3.8) is 0 Å². The van der Waals surface area contributed by atoms with Crippen molar-refractivity contribution >= 4 is 40.7 Å². The van der Waals surface area contributed by atoms with Crippen LogP contribution in [0.3, 0.4) is 0 Å². The lowest BCUT2D eigenvalue weighted by Crippen LogP contribution is -2.40. The summed E-state index contributed by atoms with van der Waals surface area (Å²) in [5.74, 6) is 2.79. The predicted octanol–water partition coefficient (Wildman–Crippen LogP) is 2.97. The Bertz CT molecular complexity index is 726. The third-order valence-corrected chi connectivity index (χ3v) is 5.21. The van der Waals surface area contributed by atoms with Gasteiger partial charge < -0.3 is 15.4 Å². The second-order valence-electron chi connectivity index (χ2n) is 5.76.